The number of nitrogens with one attached hydrogen (secondary N) is 1. The lowest BCUT2D eigenvalue weighted by molar-refractivity contribution is -0.136. The quantitative estimate of drug-likeness (QED) is 0.828. The minimum absolute atomic E-state index is 0.00367. The lowest BCUT2D eigenvalue weighted by Crippen LogP contribution is -2.43. The summed E-state index contributed by atoms with van der Waals surface area (Å²) in [5, 5.41) is 13.0. The number of aromatic nitrogens is 1. The molecule has 1 aromatic rings. The molecule has 7 nitrogen and oxygen atoms in total. The number of pyridine rings is 1. The minimum Gasteiger partial charge on any atom is -0.390 e. The van der Waals surface area contributed by atoms with Crippen LogP contribution in [0, 0.1) is 11.3 Å². The molecule has 2 N–H and O–H groups in total. The predicted molar refractivity (Wildman–Crippen MR) is 104 cm³/mol. The maximum absolute atomic E-state index is 12.5. The van der Waals surface area contributed by atoms with Crippen molar-refractivity contribution in [2.75, 3.05) is 19.6 Å². The van der Waals surface area contributed by atoms with Gasteiger partial charge in [-0.2, -0.15) is 0 Å². The van der Waals surface area contributed by atoms with E-state index in [-0.39, 0.29) is 23.8 Å². The number of amides is 3. The number of aliphatic hydroxyl groups is 1. The van der Waals surface area contributed by atoms with Crippen LogP contribution >= 0.6 is 0 Å². The van der Waals surface area contributed by atoms with Crippen molar-refractivity contribution in [3.05, 3.63) is 29.6 Å². The van der Waals surface area contributed by atoms with E-state index in [0.717, 1.165) is 37.9 Å². The third-order valence-electron chi connectivity index (χ3n) is 6.57. The Balaban J connectivity index is 1.21. The third-order valence-corrected chi connectivity index (χ3v) is 6.57. The second kappa shape index (κ2) is 7.03. The van der Waals surface area contributed by atoms with E-state index in [4.69, 9.17) is 0 Å². The molecule has 28 heavy (non-hydrogen) atoms. The SMILES string of the molecule is CC(C)(O)CC(=O)N1CCC2(CC1)CC2CNC(=O)N1Cc2ccncc2C1. The molecule has 1 aromatic heterocycles. The predicted octanol–water partition coefficient (Wildman–Crippen LogP) is 1.90. The second-order valence-electron chi connectivity index (χ2n) is 9.32. The van der Waals surface area contributed by atoms with Gasteiger partial charge in [-0.3, -0.25) is 9.78 Å². The first-order chi connectivity index (χ1) is 13.3. The third kappa shape index (κ3) is 3.99. The van der Waals surface area contributed by atoms with E-state index >= 15 is 0 Å². The Kier molecular flexibility index (Phi) is 4.81. The number of hydrogen-bond acceptors (Lipinski definition) is 4. The monoisotopic (exact) mass is 386 g/mol. The number of piperidine rings is 1. The molecule has 2 aliphatic heterocycles. The molecule has 2 fully saturated rings. The zero-order valence-corrected chi connectivity index (χ0v) is 16.8. The molecular formula is C21H30N4O3. The Morgan fingerprint density at radius 2 is 1.96 bits per heavy atom. The van der Waals surface area contributed by atoms with Gasteiger partial charge in [0.2, 0.25) is 5.91 Å². The van der Waals surface area contributed by atoms with E-state index in [1.165, 1.54) is 5.56 Å². The number of urea groups is 1. The molecule has 3 heterocycles. The summed E-state index contributed by atoms with van der Waals surface area (Å²) < 4.78 is 0. The van der Waals surface area contributed by atoms with Gasteiger partial charge in [-0.15, -0.1) is 0 Å². The fourth-order valence-corrected chi connectivity index (χ4v) is 4.70. The molecule has 0 bridgehead atoms. The molecule has 1 atom stereocenters. The Bertz CT molecular complexity index is 740. The maximum atomic E-state index is 12.5. The maximum Gasteiger partial charge on any atom is 0.318 e. The normalized spacial score (nSPS) is 22.9. The zero-order chi connectivity index (χ0) is 19.9. The number of carbonyl (C=O) groups excluding carboxylic acids is 2. The first-order valence-corrected chi connectivity index (χ1v) is 10.2. The van der Waals surface area contributed by atoms with Crippen molar-refractivity contribution in [1.29, 1.82) is 0 Å². The van der Waals surface area contributed by atoms with E-state index in [2.05, 4.69) is 10.3 Å². The van der Waals surface area contributed by atoms with Crippen molar-refractivity contribution >= 4 is 11.9 Å². The van der Waals surface area contributed by atoms with Gasteiger partial charge in [0, 0.05) is 45.1 Å². The standard InChI is InChI=1S/C21H30N4O3/c1-20(2,28)10-18(26)24-7-4-21(5-8-24)9-17(21)12-23-19(27)25-13-15-3-6-22-11-16(15)14-25/h3,6,11,17,28H,4-5,7-10,12-14H2,1-2H3,(H,23,27). The van der Waals surface area contributed by atoms with Crippen LogP contribution in [0.5, 0.6) is 0 Å². The average molecular weight is 386 g/mol. The van der Waals surface area contributed by atoms with Crippen LogP contribution in [-0.2, 0) is 17.9 Å². The van der Waals surface area contributed by atoms with Crippen LogP contribution in [0.25, 0.3) is 0 Å². The molecule has 3 aliphatic rings. The molecule has 4 rings (SSSR count). The average Bonchev–Trinajstić information content (AvgIpc) is 3.11. The highest BCUT2D eigenvalue weighted by molar-refractivity contribution is 5.77. The highest BCUT2D eigenvalue weighted by atomic mass is 16.3. The van der Waals surface area contributed by atoms with Gasteiger partial charge in [0.05, 0.1) is 12.0 Å². The zero-order valence-electron chi connectivity index (χ0n) is 16.8. The van der Waals surface area contributed by atoms with E-state index in [1.807, 2.05) is 22.1 Å². The molecule has 1 saturated carbocycles. The number of carbonyl (C=O) groups is 2. The summed E-state index contributed by atoms with van der Waals surface area (Å²) in [6.45, 7) is 6.85. The molecule has 1 saturated heterocycles. The van der Waals surface area contributed by atoms with Crippen molar-refractivity contribution in [1.82, 2.24) is 20.1 Å². The van der Waals surface area contributed by atoms with Crippen LogP contribution in [0.15, 0.2) is 18.5 Å². The molecule has 1 spiro atoms. The summed E-state index contributed by atoms with van der Waals surface area (Å²) in [6, 6.07) is 1.97. The number of fused-ring (bicyclic) bond motifs is 1. The second-order valence-corrected chi connectivity index (χ2v) is 9.32. The smallest absolute Gasteiger partial charge is 0.318 e. The van der Waals surface area contributed by atoms with E-state index < -0.39 is 5.60 Å². The molecule has 7 heteroatoms. The van der Waals surface area contributed by atoms with Crippen molar-refractivity contribution < 1.29 is 14.7 Å². The van der Waals surface area contributed by atoms with Crippen LogP contribution in [0.1, 0.15) is 50.7 Å². The Hall–Kier alpha value is -2.15. The van der Waals surface area contributed by atoms with Gasteiger partial charge >= 0.3 is 6.03 Å². The van der Waals surface area contributed by atoms with Gasteiger partial charge in [-0.25, -0.2) is 4.79 Å². The lowest BCUT2D eigenvalue weighted by Gasteiger charge is -2.34. The summed E-state index contributed by atoms with van der Waals surface area (Å²) in [7, 11) is 0. The van der Waals surface area contributed by atoms with Gasteiger partial charge in [0.25, 0.3) is 0 Å². The van der Waals surface area contributed by atoms with Crippen LogP contribution in [0.3, 0.4) is 0 Å². The molecule has 152 valence electrons. The summed E-state index contributed by atoms with van der Waals surface area (Å²) in [5.74, 6) is 0.547. The number of nitrogens with zero attached hydrogens (tertiary/aromatic N) is 3. The number of rotatable bonds is 4. The molecule has 0 aromatic carbocycles. The van der Waals surface area contributed by atoms with Crippen LogP contribution < -0.4 is 5.32 Å². The number of hydrogen-bond donors (Lipinski definition) is 2. The molecule has 0 radical (unpaired) electrons. The topological polar surface area (TPSA) is 85.8 Å². The Labute approximate surface area is 166 Å². The van der Waals surface area contributed by atoms with Crippen molar-refractivity contribution in [3.63, 3.8) is 0 Å². The first-order valence-electron chi connectivity index (χ1n) is 10.2. The molecule has 1 unspecified atom stereocenters. The van der Waals surface area contributed by atoms with Crippen LogP contribution in [0.2, 0.25) is 0 Å². The van der Waals surface area contributed by atoms with Gasteiger partial charge in [0.1, 0.15) is 0 Å². The summed E-state index contributed by atoms with van der Waals surface area (Å²) in [5.41, 5.74) is 1.64. The first kappa shape index (κ1) is 19.2. The Morgan fingerprint density at radius 3 is 2.64 bits per heavy atom. The Morgan fingerprint density at radius 1 is 1.25 bits per heavy atom. The molecule has 1 aliphatic carbocycles. The van der Waals surface area contributed by atoms with E-state index in [9.17, 15) is 14.7 Å². The van der Waals surface area contributed by atoms with Crippen molar-refractivity contribution in [2.24, 2.45) is 11.3 Å². The van der Waals surface area contributed by atoms with E-state index in [0.29, 0.717) is 25.6 Å². The van der Waals surface area contributed by atoms with Crippen molar-refractivity contribution in [3.8, 4) is 0 Å². The van der Waals surface area contributed by atoms with Gasteiger partial charge in [0.15, 0.2) is 0 Å². The van der Waals surface area contributed by atoms with Gasteiger partial charge in [-0.1, -0.05) is 0 Å². The molecular weight excluding hydrogens is 356 g/mol. The number of likely N-dealkylation sites (tertiary alicyclic amines) is 1. The summed E-state index contributed by atoms with van der Waals surface area (Å²) >= 11 is 0. The summed E-state index contributed by atoms with van der Waals surface area (Å²) in [4.78, 5) is 32.6. The van der Waals surface area contributed by atoms with Crippen LogP contribution in [-0.4, -0.2) is 57.1 Å². The van der Waals surface area contributed by atoms with Crippen LogP contribution in [0.4, 0.5) is 4.79 Å². The fourth-order valence-electron chi connectivity index (χ4n) is 4.70. The summed E-state index contributed by atoms with van der Waals surface area (Å²) in [6.07, 6.45) is 6.90. The fraction of sp³-hybridized carbons (Fsp3) is 0.667. The largest absolute Gasteiger partial charge is 0.390 e. The molecule has 3 amide bonds. The van der Waals surface area contributed by atoms with Crippen molar-refractivity contribution in [2.45, 2.75) is 58.2 Å². The lowest BCUT2D eigenvalue weighted by atomic mass is 9.90. The highest BCUT2D eigenvalue weighted by Gasteiger charge is 2.54. The van der Waals surface area contributed by atoms with Gasteiger partial charge < -0.3 is 20.2 Å². The minimum atomic E-state index is -0.954. The van der Waals surface area contributed by atoms with E-state index in [1.54, 1.807) is 20.0 Å². The van der Waals surface area contributed by atoms with Gasteiger partial charge in [-0.05, 0) is 61.6 Å². The highest BCUT2D eigenvalue weighted by Crippen LogP contribution is 2.59.